The lowest BCUT2D eigenvalue weighted by atomic mass is 9.96. The van der Waals surface area contributed by atoms with Gasteiger partial charge in [-0.3, -0.25) is 52.7 Å². The number of hydrogen-bond donors (Lipinski definition) is 15. The van der Waals surface area contributed by atoms with Crippen LogP contribution in [0.2, 0.25) is 0 Å². The van der Waals surface area contributed by atoms with Crippen LogP contribution in [0.5, 0.6) is 0 Å². The number of nitrogens with one attached hydrogen (secondary N) is 8. The lowest BCUT2D eigenvalue weighted by Gasteiger charge is -2.30. The number of nitrogens with zero attached hydrogens (tertiary/aromatic N) is 1. The summed E-state index contributed by atoms with van der Waals surface area (Å²) in [5.41, 5.74) is 22.8. The quantitative estimate of drug-likeness (QED) is 0.0237. The first-order chi connectivity index (χ1) is 33.7. The molecule has 396 valence electrons. The number of nitrogens with two attached hydrogens (primary N) is 4. The average molecular weight is 1040 g/mol. The van der Waals surface area contributed by atoms with Gasteiger partial charge in [0.1, 0.15) is 42.3 Å². The summed E-state index contributed by atoms with van der Waals surface area (Å²) in [6, 6.07) is -2.21. The second kappa shape index (κ2) is 32.0. The van der Waals surface area contributed by atoms with Gasteiger partial charge in [0.2, 0.25) is 65.0 Å². The fourth-order valence-electron chi connectivity index (χ4n) is 7.21. The zero-order valence-electron chi connectivity index (χ0n) is 40.0. The number of carbonyl (C=O) groups is 11. The van der Waals surface area contributed by atoms with E-state index in [-0.39, 0.29) is 63.4 Å². The van der Waals surface area contributed by atoms with E-state index in [1.54, 1.807) is 44.2 Å². The van der Waals surface area contributed by atoms with E-state index in [9.17, 15) is 57.8 Å². The standard InChI is InChI=1S/C44H71N13O12S2/c1-3-24(2)36(56-41(66)28(52-37(62)26(46)22-70)18-25-10-5-4-6-11-25)43(68)54-30(20-35(61)49-15-9-17-58)40(65)53-29(19-33(47)59)39(64)55-31(23-71)44(69)57-16-8-13-32(57)42(67)51-27(12-7-14-45)38(63)50-21-34(48)60/h4-6,10-11,24,26-32,36,58,70-71H,3,7-9,12-23,45-46H2,1-2H3,(H2,47,59)(H2,48,60)(H,49,61)(H,50,63)(H,51,67)(H,52,62)(H,53,65)(H,54,68)(H,55,64)(H,56,66)/t24-,26-,27-,28-,29-,30-,31-,32-,36-/m0/s1. The number of carbonyl (C=O) groups excluding carboxylic acids is 11. The molecule has 1 aromatic carbocycles. The van der Waals surface area contributed by atoms with Crippen LogP contribution in [0.25, 0.3) is 0 Å². The van der Waals surface area contributed by atoms with E-state index < -0.39 is 139 Å². The molecule has 25 nitrogen and oxygen atoms in total. The molecule has 9 atom stereocenters. The van der Waals surface area contributed by atoms with Gasteiger partial charge < -0.3 is 75.5 Å². The molecule has 0 saturated carbocycles. The molecule has 0 unspecified atom stereocenters. The van der Waals surface area contributed by atoms with Crippen LogP contribution in [0.1, 0.15) is 70.8 Å². The second-order valence-electron chi connectivity index (χ2n) is 16.9. The Kier molecular flexibility index (Phi) is 27.6. The van der Waals surface area contributed by atoms with Crippen molar-refractivity contribution in [3.63, 3.8) is 0 Å². The van der Waals surface area contributed by atoms with Crippen molar-refractivity contribution in [1.29, 1.82) is 0 Å². The molecule has 1 aromatic rings. The Labute approximate surface area is 423 Å². The number of thiol groups is 2. The van der Waals surface area contributed by atoms with Crippen LogP contribution < -0.4 is 65.5 Å². The molecule has 0 spiro atoms. The first-order valence-electron chi connectivity index (χ1n) is 23.3. The molecule has 1 heterocycles. The summed E-state index contributed by atoms with van der Waals surface area (Å²) in [7, 11) is 0. The van der Waals surface area contributed by atoms with Gasteiger partial charge in [-0.1, -0.05) is 50.6 Å². The van der Waals surface area contributed by atoms with Gasteiger partial charge in [-0.2, -0.15) is 25.3 Å². The number of hydrogen-bond acceptors (Lipinski definition) is 16. The fraction of sp³-hybridized carbons (Fsp3) is 0.614. The van der Waals surface area contributed by atoms with E-state index >= 15 is 0 Å². The minimum atomic E-state index is -1.80. The van der Waals surface area contributed by atoms with Crippen molar-refractivity contribution in [2.75, 3.05) is 44.3 Å². The number of primary amides is 2. The molecule has 0 bridgehead atoms. The van der Waals surface area contributed by atoms with Crippen LogP contribution in [-0.4, -0.2) is 168 Å². The van der Waals surface area contributed by atoms with E-state index in [1.165, 1.54) is 4.90 Å². The largest absolute Gasteiger partial charge is 0.396 e. The first-order valence-corrected chi connectivity index (χ1v) is 24.5. The van der Waals surface area contributed by atoms with E-state index in [2.05, 4.69) is 67.8 Å². The van der Waals surface area contributed by atoms with E-state index in [0.29, 0.717) is 24.8 Å². The highest BCUT2D eigenvalue weighted by Gasteiger charge is 2.40. The Bertz CT molecular complexity index is 2010. The van der Waals surface area contributed by atoms with Crippen LogP contribution in [-0.2, 0) is 59.2 Å². The minimum absolute atomic E-state index is 0.000538. The minimum Gasteiger partial charge on any atom is -0.396 e. The number of benzene rings is 1. The zero-order chi connectivity index (χ0) is 53.2. The van der Waals surface area contributed by atoms with Crippen molar-refractivity contribution >= 4 is 90.2 Å². The molecule has 0 aromatic heterocycles. The number of likely N-dealkylation sites (tertiary alicyclic amines) is 1. The van der Waals surface area contributed by atoms with Crippen LogP contribution in [0.4, 0.5) is 0 Å². The first kappa shape index (κ1) is 61.1. The van der Waals surface area contributed by atoms with Gasteiger partial charge in [0.15, 0.2) is 0 Å². The summed E-state index contributed by atoms with van der Waals surface area (Å²) in [5.74, 6) is -10.5. The van der Waals surface area contributed by atoms with Gasteiger partial charge in [0.25, 0.3) is 0 Å². The van der Waals surface area contributed by atoms with Crippen LogP contribution in [0, 0.1) is 5.92 Å². The number of aliphatic hydroxyl groups excluding tert-OH is 1. The highest BCUT2D eigenvalue weighted by Crippen LogP contribution is 2.20. The third-order valence-electron chi connectivity index (χ3n) is 11.4. The fourth-order valence-corrected chi connectivity index (χ4v) is 7.62. The molecule has 2 rings (SSSR count). The van der Waals surface area contributed by atoms with Crippen LogP contribution in [0.3, 0.4) is 0 Å². The third kappa shape index (κ3) is 21.1. The molecular formula is C44H71N13O12S2. The summed E-state index contributed by atoms with van der Waals surface area (Å²) >= 11 is 8.30. The highest BCUT2D eigenvalue weighted by molar-refractivity contribution is 7.80. The van der Waals surface area contributed by atoms with Crippen molar-refractivity contribution in [1.82, 2.24) is 47.4 Å². The van der Waals surface area contributed by atoms with Crippen molar-refractivity contribution in [3.8, 4) is 0 Å². The van der Waals surface area contributed by atoms with Crippen molar-refractivity contribution < 1.29 is 57.8 Å². The molecule has 1 saturated heterocycles. The molecule has 0 aliphatic carbocycles. The third-order valence-corrected chi connectivity index (χ3v) is 12.1. The Balaban J connectivity index is 2.40. The lowest BCUT2D eigenvalue weighted by molar-refractivity contribution is -0.142. The molecule has 11 amide bonds. The predicted octanol–water partition coefficient (Wildman–Crippen LogP) is -5.53. The summed E-state index contributed by atoms with van der Waals surface area (Å²) in [4.78, 5) is 147. The van der Waals surface area contributed by atoms with Crippen molar-refractivity contribution in [2.24, 2.45) is 28.9 Å². The molecule has 27 heteroatoms. The Morgan fingerprint density at radius 1 is 0.718 bits per heavy atom. The lowest BCUT2D eigenvalue weighted by Crippen LogP contribution is -2.62. The normalized spacial score (nSPS) is 16.5. The maximum Gasteiger partial charge on any atom is 0.246 e. The SMILES string of the molecule is CC[C@H](C)[C@H](NC(=O)[C@H](Cc1ccccc1)NC(=O)[C@@H](N)CS)C(=O)N[C@@H](CC(=O)NCCCO)C(=O)N[C@@H](CC(N)=O)C(=O)N[C@@H](CS)C(=O)N1CCC[C@H]1C(=O)N[C@@H](CCCN)C(=O)NCC(N)=O. The second-order valence-corrected chi connectivity index (χ2v) is 17.7. The number of aliphatic hydroxyl groups is 1. The van der Waals surface area contributed by atoms with Gasteiger partial charge in [-0.05, 0) is 50.1 Å². The monoisotopic (exact) mass is 1040 g/mol. The summed E-state index contributed by atoms with van der Waals surface area (Å²) in [6.07, 6.45) is -0.138. The van der Waals surface area contributed by atoms with Gasteiger partial charge in [0.05, 0.1) is 25.4 Å². The molecular weight excluding hydrogens is 967 g/mol. The Hall–Kier alpha value is -6.03. The molecule has 1 aliphatic rings. The summed E-state index contributed by atoms with van der Waals surface area (Å²) in [6.45, 7) is 2.85. The molecule has 1 aliphatic heterocycles. The average Bonchev–Trinajstić information content (AvgIpc) is 3.84. The van der Waals surface area contributed by atoms with Crippen molar-refractivity contribution in [3.05, 3.63) is 35.9 Å². The molecule has 17 N–H and O–H groups in total. The van der Waals surface area contributed by atoms with Gasteiger partial charge in [-0.15, -0.1) is 0 Å². The van der Waals surface area contributed by atoms with E-state index in [0.717, 1.165) is 0 Å². The van der Waals surface area contributed by atoms with Gasteiger partial charge in [-0.25, -0.2) is 0 Å². The Morgan fingerprint density at radius 2 is 1.32 bits per heavy atom. The smallest absolute Gasteiger partial charge is 0.246 e. The Morgan fingerprint density at radius 3 is 1.90 bits per heavy atom. The van der Waals surface area contributed by atoms with E-state index in [4.69, 9.17) is 22.9 Å². The number of amides is 11. The maximum atomic E-state index is 14.2. The summed E-state index contributed by atoms with van der Waals surface area (Å²) < 4.78 is 0. The van der Waals surface area contributed by atoms with Crippen LogP contribution in [0.15, 0.2) is 30.3 Å². The molecule has 1 fully saturated rings. The zero-order valence-corrected chi connectivity index (χ0v) is 41.8. The summed E-state index contributed by atoms with van der Waals surface area (Å²) in [5, 5.41) is 29.2. The van der Waals surface area contributed by atoms with Crippen molar-refractivity contribution in [2.45, 2.75) is 120 Å². The molecule has 0 radical (unpaired) electrons. The highest BCUT2D eigenvalue weighted by atomic mass is 32.1. The predicted molar refractivity (Wildman–Crippen MR) is 265 cm³/mol. The van der Waals surface area contributed by atoms with Gasteiger partial charge in [0, 0.05) is 37.6 Å². The number of rotatable bonds is 32. The van der Waals surface area contributed by atoms with Crippen LogP contribution >= 0.6 is 25.3 Å². The van der Waals surface area contributed by atoms with Gasteiger partial charge >= 0.3 is 0 Å². The van der Waals surface area contributed by atoms with E-state index in [1.807, 2.05) is 0 Å². The molecule has 71 heavy (non-hydrogen) atoms. The maximum absolute atomic E-state index is 14.2. The topological polar surface area (TPSA) is 412 Å².